The molecule has 9 atom stereocenters. The van der Waals surface area contributed by atoms with Crippen LogP contribution in [0.4, 0.5) is 0 Å². The number of aliphatic hydroxyl groups is 5. The van der Waals surface area contributed by atoms with Gasteiger partial charge >= 0.3 is 5.97 Å². The number of aromatic hydroxyl groups is 2. The van der Waals surface area contributed by atoms with Gasteiger partial charge in [0.15, 0.2) is 35.3 Å². The van der Waals surface area contributed by atoms with E-state index in [-0.39, 0.29) is 41.0 Å². The van der Waals surface area contributed by atoms with E-state index in [1.54, 1.807) is 12.1 Å². The Hall–Kier alpha value is -4.78. The van der Waals surface area contributed by atoms with Crippen molar-refractivity contribution in [1.82, 2.24) is 0 Å². The predicted octanol–water partition coefficient (Wildman–Crippen LogP) is 0.721. The fourth-order valence-corrected chi connectivity index (χ4v) is 5.95. The number of hydrogen-bond acceptors (Lipinski definition) is 16. The highest BCUT2D eigenvalue weighted by Gasteiger charge is 2.54. The summed E-state index contributed by atoms with van der Waals surface area (Å²) in [5.74, 6) is -0.512. The van der Waals surface area contributed by atoms with E-state index in [2.05, 4.69) is 0 Å². The van der Waals surface area contributed by atoms with Gasteiger partial charge in [0.25, 0.3) is 0 Å². The Morgan fingerprint density at radius 1 is 1.00 bits per heavy atom. The van der Waals surface area contributed by atoms with Crippen LogP contribution < -0.4 is 14.2 Å². The van der Waals surface area contributed by atoms with Crippen molar-refractivity contribution in [3.63, 3.8) is 0 Å². The van der Waals surface area contributed by atoms with Crippen molar-refractivity contribution < 1.29 is 78.5 Å². The molecule has 7 N–H and O–H groups in total. The number of methoxy groups -OCH3 is 1. The number of hydrogen-bond donors (Lipinski definition) is 7. The smallest absolute Gasteiger partial charge is 0.330 e. The zero-order valence-electron chi connectivity index (χ0n) is 27.7. The van der Waals surface area contributed by atoms with Crippen molar-refractivity contribution in [3.8, 4) is 28.7 Å². The summed E-state index contributed by atoms with van der Waals surface area (Å²) in [4.78, 5) is 25.1. The van der Waals surface area contributed by atoms with Gasteiger partial charge in [-0.15, -0.1) is 0 Å². The van der Waals surface area contributed by atoms with E-state index < -0.39 is 80.6 Å². The van der Waals surface area contributed by atoms with Crippen LogP contribution in [-0.4, -0.2) is 123 Å². The second-order valence-electron chi connectivity index (χ2n) is 12.5. The molecule has 3 aromatic carbocycles. The normalized spacial score (nSPS) is 30.1. The second-order valence-corrected chi connectivity index (χ2v) is 12.5. The molecule has 3 aliphatic rings. The number of phenols is 2. The molecular formula is C36H38O16. The lowest BCUT2D eigenvalue weighted by Crippen LogP contribution is -2.62. The molecule has 0 spiro atoms. The van der Waals surface area contributed by atoms with E-state index in [1.165, 1.54) is 61.7 Å². The van der Waals surface area contributed by atoms with Crippen molar-refractivity contribution in [2.75, 3.05) is 26.9 Å². The number of ether oxygens (including phenoxy) is 7. The molecule has 0 saturated carbocycles. The van der Waals surface area contributed by atoms with Crippen LogP contribution in [0, 0.1) is 0 Å². The Morgan fingerprint density at radius 3 is 2.50 bits per heavy atom. The highest BCUT2D eigenvalue weighted by molar-refractivity contribution is 6.00. The number of carbonyl (C=O) groups excluding carboxylic acids is 2. The Kier molecular flexibility index (Phi) is 11.0. The monoisotopic (exact) mass is 726 g/mol. The molecule has 3 aromatic rings. The summed E-state index contributed by atoms with van der Waals surface area (Å²) in [6.07, 6.45) is -9.20. The number of fused-ring (bicyclic) bond motifs is 1. The summed E-state index contributed by atoms with van der Waals surface area (Å²) in [5, 5.41) is 72.9. The van der Waals surface area contributed by atoms with Crippen molar-refractivity contribution in [1.29, 1.82) is 0 Å². The fourth-order valence-electron chi connectivity index (χ4n) is 5.95. The molecule has 16 heteroatoms. The quantitative estimate of drug-likeness (QED) is 0.106. The lowest BCUT2D eigenvalue weighted by Gasteiger charge is -2.42. The molecule has 2 saturated heterocycles. The van der Waals surface area contributed by atoms with E-state index in [0.717, 1.165) is 6.08 Å². The van der Waals surface area contributed by atoms with E-state index in [9.17, 15) is 45.3 Å². The van der Waals surface area contributed by atoms with Gasteiger partial charge in [-0.3, -0.25) is 4.79 Å². The SMILES string of the molecule is COc1cc(C=CC(=O)OC[C@@]2(O)CO[C@@H](O[C@H]3[C@H](Oc4ccc([C@@H]5CC(=O)c6ccc(O)cc6O5)cc4)O[C@H](CO)[C@@H](O)[C@@H]3O)[C@@H]2O)ccc1O. The van der Waals surface area contributed by atoms with Gasteiger partial charge in [-0.1, -0.05) is 18.2 Å². The summed E-state index contributed by atoms with van der Waals surface area (Å²) in [7, 11) is 1.37. The number of ketones is 1. The third kappa shape index (κ3) is 7.84. The minimum Gasteiger partial charge on any atom is -0.508 e. The van der Waals surface area contributed by atoms with Crippen molar-refractivity contribution in [3.05, 3.63) is 83.4 Å². The van der Waals surface area contributed by atoms with Crippen LogP contribution in [0.1, 0.15) is 34.0 Å². The molecule has 52 heavy (non-hydrogen) atoms. The maximum absolute atomic E-state index is 12.7. The van der Waals surface area contributed by atoms with Gasteiger partial charge in [-0.25, -0.2) is 4.79 Å². The first kappa shape index (κ1) is 37.0. The minimum atomic E-state index is -2.13. The summed E-state index contributed by atoms with van der Waals surface area (Å²) in [6, 6.07) is 15.0. The van der Waals surface area contributed by atoms with Crippen LogP contribution in [0.15, 0.2) is 66.7 Å². The number of Topliss-reactive ketones (excluding diaryl/α,β-unsaturated/α-hetero) is 1. The van der Waals surface area contributed by atoms with Gasteiger partial charge in [-0.05, 0) is 53.6 Å². The number of aliphatic hydroxyl groups excluding tert-OH is 4. The summed E-state index contributed by atoms with van der Waals surface area (Å²) < 4.78 is 39.0. The van der Waals surface area contributed by atoms with Gasteiger partial charge in [0.2, 0.25) is 6.29 Å². The van der Waals surface area contributed by atoms with Crippen LogP contribution in [0.25, 0.3) is 6.08 Å². The van der Waals surface area contributed by atoms with Gasteiger partial charge in [0, 0.05) is 12.1 Å². The first-order valence-corrected chi connectivity index (χ1v) is 16.2. The largest absolute Gasteiger partial charge is 0.508 e. The number of phenolic OH excluding ortho intramolecular Hbond substituents is 2. The minimum absolute atomic E-state index is 0.0464. The van der Waals surface area contributed by atoms with Gasteiger partial charge in [0.1, 0.15) is 54.4 Å². The second kappa shape index (κ2) is 15.4. The molecule has 6 rings (SSSR count). The predicted molar refractivity (Wildman–Crippen MR) is 175 cm³/mol. The molecule has 0 radical (unpaired) electrons. The van der Waals surface area contributed by atoms with Crippen LogP contribution in [0.2, 0.25) is 0 Å². The molecule has 3 aliphatic heterocycles. The molecule has 0 amide bonds. The first-order chi connectivity index (χ1) is 24.9. The van der Waals surface area contributed by atoms with Crippen molar-refractivity contribution in [2.24, 2.45) is 0 Å². The zero-order valence-corrected chi connectivity index (χ0v) is 27.7. The van der Waals surface area contributed by atoms with E-state index >= 15 is 0 Å². The van der Waals surface area contributed by atoms with Crippen molar-refractivity contribution in [2.45, 2.75) is 61.2 Å². The standard InChI is InChI=1S/C36H38O16/c1-46-27-12-18(2-10-23(27)39)3-11-29(41)47-16-36(45)17-48-35(33(36)44)52-32-31(43)30(42)28(15-37)51-34(32)49-21-7-4-19(5-8-21)25-14-24(40)22-9-6-20(38)13-26(22)50-25/h2-13,25,28,30-35,37-39,42-45H,14-17H2,1H3/t25-,28+,30+,31-,32+,33-,34+,35-,36+/m0/s1. The molecule has 0 unspecified atom stereocenters. The third-order valence-corrected chi connectivity index (χ3v) is 8.91. The number of carbonyl (C=O) groups is 2. The Bertz CT molecular complexity index is 1780. The van der Waals surface area contributed by atoms with Crippen LogP contribution in [-0.2, 0) is 23.7 Å². The van der Waals surface area contributed by atoms with Crippen molar-refractivity contribution >= 4 is 17.8 Å². The molecule has 16 nitrogen and oxygen atoms in total. The van der Waals surface area contributed by atoms with Crippen LogP contribution in [0.3, 0.4) is 0 Å². The molecule has 3 heterocycles. The van der Waals surface area contributed by atoms with E-state index in [4.69, 9.17) is 33.2 Å². The van der Waals surface area contributed by atoms with Crippen LogP contribution >= 0.6 is 0 Å². The lowest BCUT2D eigenvalue weighted by atomic mass is 9.96. The number of esters is 1. The van der Waals surface area contributed by atoms with Gasteiger partial charge < -0.3 is 68.9 Å². The van der Waals surface area contributed by atoms with Gasteiger partial charge in [-0.2, -0.15) is 0 Å². The highest BCUT2D eigenvalue weighted by Crippen LogP contribution is 2.38. The maximum atomic E-state index is 12.7. The maximum Gasteiger partial charge on any atom is 0.330 e. The number of benzene rings is 3. The Morgan fingerprint density at radius 2 is 1.77 bits per heavy atom. The highest BCUT2D eigenvalue weighted by atomic mass is 16.8. The average molecular weight is 727 g/mol. The topological polar surface area (TPSA) is 240 Å². The first-order valence-electron chi connectivity index (χ1n) is 16.2. The lowest BCUT2D eigenvalue weighted by molar-refractivity contribution is -0.318. The molecular weight excluding hydrogens is 688 g/mol. The molecule has 278 valence electrons. The summed E-state index contributed by atoms with van der Waals surface area (Å²) in [6.45, 7) is -1.93. The fraction of sp³-hybridized carbons (Fsp3) is 0.389. The molecule has 2 fully saturated rings. The molecule has 0 aliphatic carbocycles. The molecule has 0 aromatic heterocycles. The Labute approximate surface area is 296 Å². The molecule has 0 bridgehead atoms. The summed E-state index contributed by atoms with van der Waals surface area (Å²) in [5.41, 5.74) is -0.631. The number of rotatable bonds is 11. The average Bonchev–Trinajstić information content (AvgIpc) is 3.42. The Balaban J connectivity index is 1.09. The zero-order chi connectivity index (χ0) is 37.2. The van der Waals surface area contributed by atoms with Gasteiger partial charge in [0.05, 0.1) is 32.3 Å². The van der Waals surface area contributed by atoms with E-state index in [1.807, 2.05) is 0 Å². The summed E-state index contributed by atoms with van der Waals surface area (Å²) >= 11 is 0. The van der Waals surface area contributed by atoms with E-state index in [0.29, 0.717) is 16.7 Å². The van der Waals surface area contributed by atoms with Crippen LogP contribution in [0.5, 0.6) is 28.7 Å². The third-order valence-electron chi connectivity index (χ3n) is 8.91.